The van der Waals surface area contributed by atoms with E-state index in [2.05, 4.69) is 65.6 Å². The molecule has 5 nitrogen and oxygen atoms in total. The first kappa shape index (κ1) is 26.9. The first-order valence-corrected chi connectivity index (χ1v) is 13.3. The van der Waals surface area contributed by atoms with Gasteiger partial charge in [-0.25, -0.2) is 4.79 Å². The van der Waals surface area contributed by atoms with Gasteiger partial charge in [-0.2, -0.15) is 0 Å². The van der Waals surface area contributed by atoms with E-state index >= 15 is 0 Å². The molecule has 196 valence electrons. The number of hydrogen-bond donors (Lipinski definition) is 1. The van der Waals surface area contributed by atoms with Crippen molar-refractivity contribution < 1.29 is 14.6 Å². The van der Waals surface area contributed by atoms with Gasteiger partial charge in [-0.15, -0.1) is 0 Å². The summed E-state index contributed by atoms with van der Waals surface area (Å²) in [6, 6.07) is 30.6. The highest BCUT2D eigenvalue weighted by Gasteiger charge is 2.41. The van der Waals surface area contributed by atoms with Crippen LogP contribution in [0.2, 0.25) is 0 Å². The molecule has 0 radical (unpaired) electrons. The second-order valence-electron chi connectivity index (χ2n) is 11.0. The van der Waals surface area contributed by atoms with Gasteiger partial charge in [0.15, 0.2) is 0 Å². The molecule has 37 heavy (non-hydrogen) atoms. The maximum atomic E-state index is 13.1. The van der Waals surface area contributed by atoms with Gasteiger partial charge in [-0.1, -0.05) is 91.0 Å². The topological polar surface area (TPSA) is 53.0 Å². The van der Waals surface area contributed by atoms with Gasteiger partial charge < -0.3 is 14.7 Å². The average molecular weight is 501 g/mol. The first-order chi connectivity index (χ1) is 17.8. The molecule has 5 heteroatoms. The Morgan fingerprint density at radius 1 is 0.892 bits per heavy atom. The quantitative estimate of drug-likeness (QED) is 0.388. The van der Waals surface area contributed by atoms with Gasteiger partial charge in [-0.3, -0.25) is 4.90 Å². The highest BCUT2D eigenvalue weighted by molar-refractivity contribution is 5.69. The van der Waals surface area contributed by atoms with E-state index in [4.69, 9.17) is 4.74 Å². The van der Waals surface area contributed by atoms with Crippen molar-refractivity contribution in [3.05, 3.63) is 108 Å². The van der Waals surface area contributed by atoms with E-state index in [1.165, 1.54) is 16.7 Å². The van der Waals surface area contributed by atoms with Crippen LogP contribution in [-0.4, -0.2) is 51.3 Å². The van der Waals surface area contributed by atoms with Gasteiger partial charge in [0.2, 0.25) is 0 Å². The minimum absolute atomic E-state index is 0.198. The molecule has 0 aromatic heterocycles. The highest BCUT2D eigenvalue weighted by Crippen LogP contribution is 2.29. The lowest BCUT2D eigenvalue weighted by Gasteiger charge is -2.40. The van der Waals surface area contributed by atoms with E-state index in [1.807, 2.05) is 51.1 Å². The third-order valence-electron chi connectivity index (χ3n) is 6.93. The van der Waals surface area contributed by atoms with Crippen LogP contribution >= 0.6 is 0 Å². The van der Waals surface area contributed by atoms with E-state index in [-0.39, 0.29) is 18.2 Å². The van der Waals surface area contributed by atoms with Crippen molar-refractivity contribution in [2.75, 3.05) is 6.54 Å². The smallest absolute Gasteiger partial charge is 0.410 e. The molecule has 1 aliphatic heterocycles. The van der Waals surface area contributed by atoms with Gasteiger partial charge in [0.25, 0.3) is 0 Å². The highest BCUT2D eigenvalue weighted by atomic mass is 16.6. The molecule has 0 unspecified atom stereocenters. The van der Waals surface area contributed by atoms with E-state index in [9.17, 15) is 9.90 Å². The third-order valence-corrected chi connectivity index (χ3v) is 6.93. The van der Waals surface area contributed by atoms with Crippen molar-refractivity contribution in [3.63, 3.8) is 0 Å². The summed E-state index contributed by atoms with van der Waals surface area (Å²) < 4.78 is 5.71. The molecule has 4 rings (SSSR count). The van der Waals surface area contributed by atoms with E-state index in [1.54, 1.807) is 4.90 Å². The van der Waals surface area contributed by atoms with Crippen LogP contribution in [0.5, 0.6) is 0 Å². The van der Waals surface area contributed by atoms with Crippen LogP contribution in [0, 0.1) is 0 Å². The number of aliphatic hydroxyl groups is 1. The van der Waals surface area contributed by atoms with Crippen molar-refractivity contribution in [1.82, 2.24) is 9.80 Å². The Morgan fingerprint density at radius 3 is 1.86 bits per heavy atom. The molecular formula is C32H40N2O3. The molecule has 1 saturated heterocycles. The van der Waals surface area contributed by atoms with Crippen LogP contribution in [0.4, 0.5) is 4.79 Å². The number of benzene rings is 3. The lowest BCUT2D eigenvalue weighted by atomic mass is 9.92. The molecule has 1 amide bonds. The first-order valence-electron chi connectivity index (χ1n) is 13.3. The summed E-state index contributed by atoms with van der Waals surface area (Å²) >= 11 is 0. The summed E-state index contributed by atoms with van der Waals surface area (Å²) in [4.78, 5) is 17.2. The zero-order valence-electron chi connectivity index (χ0n) is 22.3. The number of aliphatic hydroxyl groups excluding tert-OH is 1. The molecule has 1 fully saturated rings. The van der Waals surface area contributed by atoms with Crippen LogP contribution in [0.3, 0.4) is 0 Å². The van der Waals surface area contributed by atoms with Crippen molar-refractivity contribution in [2.24, 2.45) is 0 Å². The van der Waals surface area contributed by atoms with Crippen LogP contribution in [0.25, 0.3) is 0 Å². The molecule has 3 aromatic carbocycles. The number of carbonyl (C=O) groups is 1. The van der Waals surface area contributed by atoms with Crippen molar-refractivity contribution in [2.45, 2.75) is 76.9 Å². The summed E-state index contributed by atoms with van der Waals surface area (Å²) in [5, 5.41) is 12.0. The Bertz CT molecular complexity index is 1060. The fraction of sp³-hybridized carbons (Fsp3) is 0.406. The summed E-state index contributed by atoms with van der Waals surface area (Å²) in [5.41, 5.74) is 2.98. The van der Waals surface area contributed by atoms with E-state index in [0.717, 1.165) is 12.8 Å². The second kappa shape index (κ2) is 12.4. The summed E-state index contributed by atoms with van der Waals surface area (Å²) in [6.45, 7) is 7.64. The van der Waals surface area contributed by atoms with E-state index in [0.29, 0.717) is 26.1 Å². The standard InChI is InChI=1S/C32H40N2O3/c1-32(2,3)37-31(36)34-21-13-20-28(34)30(35)29(22-25-14-7-4-8-15-25)33(23-26-16-9-5-10-17-26)24-27-18-11-6-12-19-27/h4-12,14-19,28-30,35H,13,20-24H2,1-3H3/t28-,29-,30-/m1/s1. The zero-order valence-corrected chi connectivity index (χ0v) is 22.3. The molecule has 0 bridgehead atoms. The number of nitrogens with zero attached hydrogens (tertiary/aromatic N) is 2. The lowest BCUT2D eigenvalue weighted by Crippen LogP contribution is -2.54. The maximum Gasteiger partial charge on any atom is 0.410 e. The van der Waals surface area contributed by atoms with Crippen LogP contribution in [-0.2, 0) is 24.2 Å². The fourth-order valence-electron chi connectivity index (χ4n) is 5.20. The molecule has 3 aromatic rings. The minimum Gasteiger partial charge on any atom is -0.444 e. The van der Waals surface area contributed by atoms with Crippen molar-refractivity contribution in [3.8, 4) is 0 Å². The monoisotopic (exact) mass is 500 g/mol. The average Bonchev–Trinajstić information content (AvgIpc) is 3.38. The number of hydrogen-bond acceptors (Lipinski definition) is 4. The van der Waals surface area contributed by atoms with Crippen LogP contribution < -0.4 is 0 Å². The van der Waals surface area contributed by atoms with Gasteiger partial charge >= 0.3 is 6.09 Å². The maximum absolute atomic E-state index is 13.1. The SMILES string of the molecule is CC(C)(C)OC(=O)N1CCC[C@@H]1[C@@H](O)[C@@H](Cc1ccccc1)N(Cc1ccccc1)Cc1ccccc1. The molecule has 1 heterocycles. The Balaban J connectivity index is 1.67. The number of carbonyl (C=O) groups excluding carboxylic acids is 1. The fourth-order valence-corrected chi connectivity index (χ4v) is 5.20. The van der Waals surface area contributed by atoms with Crippen LogP contribution in [0.1, 0.15) is 50.3 Å². The van der Waals surface area contributed by atoms with Gasteiger partial charge in [-0.05, 0) is 56.7 Å². The molecular weight excluding hydrogens is 460 g/mol. The summed E-state index contributed by atoms with van der Waals surface area (Å²) in [5.74, 6) is 0. The Labute approximate surface area is 221 Å². The molecule has 0 spiro atoms. The second-order valence-corrected chi connectivity index (χ2v) is 11.0. The Morgan fingerprint density at radius 2 is 1.38 bits per heavy atom. The predicted octanol–water partition coefficient (Wildman–Crippen LogP) is 6.06. The van der Waals surface area contributed by atoms with Crippen molar-refractivity contribution in [1.29, 1.82) is 0 Å². The summed E-state index contributed by atoms with van der Waals surface area (Å²) in [7, 11) is 0. The minimum atomic E-state index is -0.734. The normalized spacial score (nSPS) is 17.5. The van der Waals surface area contributed by atoms with E-state index < -0.39 is 11.7 Å². The Kier molecular flexibility index (Phi) is 9.01. The largest absolute Gasteiger partial charge is 0.444 e. The number of ether oxygens (including phenoxy) is 1. The Hall–Kier alpha value is -3.15. The molecule has 1 aliphatic rings. The molecule has 3 atom stereocenters. The van der Waals surface area contributed by atoms with Crippen LogP contribution in [0.15, 0.2) is 91.0 Å². The van der Waals surface area contributed by atoms with Gasteiger partial charge in [0.05, 0.1) is 12.1 Å². The number of amides is 1. The zero-order chi connectivity index (χ0) is 26.3. The van der Waals surface area contributed by atoms with Gasteiger partial charge in [0, 0.05) is 25.7 Å². The molecule has 0 saturated carbocycles. The third kappa shape index (κ3) is 7.67. The molecule has 1 N–H and O–H groups in total. The van der Waals surface area contributed by atoms with Crippen molar-refractivity contribution >= 4 is 6.09 Å². The summed E-state index contributed by atoms with van der Waals surface area (Å²) in [6.07, 6.45) is 1.22. The number of likely N-dealkylation sites (tertiary alicyclic amines) is 1. The predicted molar refractivity (Wildman–Crippen MR) is 148 cm³/mol. The molecule has 0 aliphatic carbocycles. The number of rotatable bonds is 9. The lowest BCUT2D eigenvalue weighted by molar-refractivity contribution is -0.0250. The van der Waals surface area contributed by atoms with Gasteiger partial charge in [0.1, 0.15) is 5.60 Å².